The lowest BCUT2D eigenvalue weighted by atomic mass is 9.79. The Kier molecular flexibility index (Phi) is 5.22. The van der Waals surface area contributed by atoms with E-state index in [1.807, 2.05) is 60.6 Å². The first-order chi connectivity index (χ1) is 9.25. The molecule has 0 atom stereocenters. The highest BCUT2D eigenvalue weighted by atomic mass is 16.7. The topological polar surface area (TPSA) is 40.6 Å². The van der Waals surface area contributed by atoms with Crippen molar-refractivity contribution in [3.8, 4) is 5.88 Å². The molecule has 1 aromatic rings. The van der Waals surface area contributed by atoms with Crippen LogP contribution in [0.15, 0.2) is 12.1 Å². The molecule has 1 saturated heterocycles. The Labute approximate surface area is 123 Å². The molecule has 1 aliphatic heterocycles. The molecule has 2 heterocycles. The maximum Gasteiger partial charge on any atom is 0.495 e. The van der Waals surface area contributed by atoms with Gasteiger partial charge in [-0.05, 0) is 46.1 Å². The number of pyridine rings is 1. The van der Waals surface area contributed by atoms with Crippen molar-refractivity contribution >= 4 is 12.6 Å². The molecule has 1 fully saturated rings. The zero-order valence-corrected chi connectivity index (χ0v) is 13.9. The second-order valence-electron chi connectivity index (χ2n) is 5.67. The lowest BCUT2D eigenvalue weighted by Gasteiger charge is -2.32. The molecule has 2 rings (SSSR count). The first kappa shape index (κ1) is 17.0. The molecule has 4 nitrogen and oxygen atoms in total. The summed E-state index contributed by atoms with van der Waals surface area (Å²) in [7, 11) is 1.24. The highest BCUT2D eigenvalue weighted by molar-refractivity contribution is 6.62. The van der Waals surface area contributed by atoms with E-state index in [2.05, 4.69) is 4.98 Å². The van der Waals surface area contributed by atoms with Crippen molar-refractivity contribution in [3.63, 3.8) is 0 Å². The van der Waals surface area contributed by atoms with Gasteiger partial charge in [-0.15, -0.1) is 0 Å². The molecular weight excluding hydrogens is 253 g/mol. The summed E-state index contributed by atoms with van der Waals surface area (Å²) in [5, 5.41) is 0. The fourth-order valence-electron chi connectivity index (χ4n) is 1.88. The highest BCUT2D eigenvalue weighted by Crippen LogP contribution is 2.36. The summed E-state index contributed by atoms with van der Waals surface area (Å²) in [5.41, 5.74) is 1.17. The number of aromatic nitrogens is 1. The fourth-order valence-corrected chi connectivity index (χ4v) is 1.88. The largest absolute Gasteiger partial charge is 0.495 e. The van der Waals surface area contributed by atoms with E-state index in [-0.39, 0.29) is 18.3 Å². The van der Waals surface area contributed by atoms with Crippen LogP contribution in [0.4, 0.5) is 0 Å². The van der Waals surface area contributed by atoms with Crippen LogP contribution in [0.1, 0.15) is 47.2 Å². The van der Waals surface area contributed by atoms with Gasteiger partial charge in [0.15, 0.2) is 0 Å². The summed E-state index contributed by atoms with van der Waals surface area (Å²) in [4.78, 5) is 4.26. The van der Waals surface area contributed by atoms with E-state index in [4.69, 9.17) is 14.0 Å². The van der Waals surface area contributed by atoms with Crippen molar-refractivity contribution in [3.05, 3.63) is 17.8 Å². The Morgan fingerprint density at radius 3 is 2.00 bits per heavy atom. The smallest absolute Gasteiger partial charge is 0.481 e. The Bertz CT molecular complexity index is 444. The van der Waals surface area contributed by atoms with Crippen LogP contribution in [0, 0.1) is 6.92 Å². The minimum Gasteiger partial charge on any atom is -0.481 e. The lowest BCUT2D eigenvalue weighted by Crippen LogP contribution is -2.41. The minimum atomic E-state index is -0.370. The summed E-state index contributed by atoms with van der Waals surface area (Å²) in [6, 6.07) is 3.82. The monoisotopic (exact) mass is 279 g/mol. The normalized spacial score (nSPS) is 19.3. The molecule has 0 saturated carbocycles. The van der Waals surface area contributed by atoms with E-state index >= 15 is 0 Å². The molecule has 1 aromatic heterocycles. The molecule has 0 amide bonds. The molecule has 0 radical (unpaired) electrons. The highest BCUT2D eigenvalue weighted by Gasteiger charge is 2.51. The lowest BCUT2D eigenvalue weighted by molar-refractivity contribution is 0.00578. The predicted molar refractivity (Wildman–Crippen MR) is 82.6 cm³/mol. The maximum absolute atomic E-state index is 6.00. The van der Waals surface area contributed by atoms with Gasteiger partial charge in [0.2, 0.25) is 5.88 Å². The number of methoxy groups -OCH3 is 1. The van der Waals surface area contributed by atoms with Crippen LogP contribution < -0.4 is 10.2 Å². The van der Waals surface area contributed by atoms with E-state index in [0.29, 0.717) is 5.88 Å². The molecule has 0 N–H and O–H groups in total. The van der Waals surface area contributed by atoms with Gasteiger partial charge < -0.3 is 14.0 Å². The Balaban J connectivity index is 0.000000956. The Hall–Kier alpha value is -1.07. The Morgan fingerprint density at radius 2 is 1.55 bits per heavy atom. The van der Waals surface area contributed by atoms with Crippen LogP contribution in [0.5, 0.6) is 5.88 Å². The van der Waals surface area contributed by atoms with Crippen LogP contribution >= 0.6 is 0 Å². The van der Waals surface area contributed by atoms with Crippen molar-refractivity contribution in [1.29, 1.82) is 0 Å². The van der Waals surface area contributed by atoms with Gasteiger partial charge in [-0.2, -0.15) is 0 Å². The average molecular weight is 279 g/mol. The van der Waals surface area contributed by atoms with Crippen LogP contribution in [0.2, 0.25) is 0 Å². The number of nitrogens with zero attached hydrogens (tertiary/aromatic N) is 1. The fraction of sp³-hybridized carbons (Fsp3) is 0.667. The van der Waals surface area contributed by atoms with Gasteiger partial charge >= 0.3 is 7.12 Å². The van der Waals surface area contributed by atoms with E-state index < -0.39 is 0 Å². The number of hydrogen-bond donors (Lipinski definition) is 0. The van der Waals surface area contributed by atoms with Gasteiger partial charge in [0.25, 0.3) is 0 Å². The Morgan fingerprint density at radius 1 is 1.05 bits per heavy atom. The van der Waals surface area contributed by atoms with Crippen LogP contribution in [0.3, 0.4) is 0 Å². The predicted octanol–water partition coefficient (Wildman–Crippen LogP) is 2.72. The number of ether oxygens (including phenoxy) is 1. The van der Waals surface area contributed by atoms with Crippen molar-refractivity contribution in [1.82, 2.24) is 4.98 Å². The third-order valence-corrected chi connectivity index (χ3v) is 3.69. The molecule has 0 unspecified atom stereocenters. The van der Waals surface area contributed by atoms with E-state index in [1.165, 1.54) is 0 Å². The van der Waals surface area contributed by atoms with Gasteiger partial charge in [-0.3, -0.25) is 0 Å². The van der Waals surface area contributed by atoms with Crippen molar-refractivity contribution in [2.75, 3.05) is 7.11 Å². The quantitative estimate of drug-likeness (QED) is 0.780. The van der Waals surface area contributed by atoms with Gasteiger partial charge in [-0.25, -0.2) is 4.98 Å². The second-order valence-corrected chi connectivity index (χ2v) is 5.67. The molecule has 20 heavy (non-hydrogen) atoms. The first-order valence-electron chi connectivity index (χ1n) is 7.13. The number of hydrogen-bond acceptors (Lipinski definition) is 4. The summed E-state index contributed by atoms with van der Waals surface area (Å²) in [5.74, 6) is 0.583. The van der Waals surface area contributed by atoms with Crippen molar-refractivity contribution in [2.24, 2.45) is 0 Å². The van der Waals surface area contributed by atoms with Crippen LogP contribution in [0.25, 0.3) is 0 Å². The van der Waals surface area contributed by atoms with Gasteiger partial charge in [0.1, 0.15) is 0 Å². The molecule has 0 aliphatic carbocycles. The summed E-state index contributed by atoms with van der Waals surface area (Å²) in [6.07, 6.45) is 0. The zero-order chi connectivity index (χ0) is 15.6. The van der Waals surface area contributed by atoms with E-state index in [1.54, 1.807) is 7.11 Å². The molecular formula is C15H26BNO3. The van der Waals surface area contributed by atoms with Gasteiger partial charge in [0.05, 0.1) is 18.3 Å². The molecule has 0 aromatic carbocycles. The van der Waals surface area contributed by atoms with Crippen molar-refractivity contribution < 1.29 is 14.0 Å². The molecule has 0 spiro atoms. The SMILES string of the molecule is CC.COc1cc(B2OC(C)(C)C(C)(C)O2)cc(C)n1. The summed E-state index contributed by atoms with van der Waals surface area (Å²) in [6.45, 7) is 14.1. The minimum absolute atomic E-state index is 0.331. The van der Waals surface area contributed by atoms with Crippen molar-refractivity contribution in [2.45, 2.75) is 59.7 Å². The standard InChI is InChI=1S/C13H20BNO3.C2H6/c1-9-7-10(8-11(15-9)16-6)14-17-12(2,3)13(4,5)18-14;1-2/h7-8H,1-6H3;1-2H3. The first-order valence-corrected chi connectivity index (χ1v) is 7.13. The zero-order valence-electron chi connectivity index (χ0n) is 13.9. The van der Waals surface area contributed by atoms with Crippen LogP contribution in [-0.2, 0) is 9.31 Å². The maximum atomic E-state index is 6.00. The summed E-state index contributed by atoms with van der Waals surface area (Å²) < 4.78 is 17.2. The third-order valence-electron chi connectivity index (χ3n) is 3.69. The van der Waals surface area contributed by atoms with Crippen LogP contribution in [-0.4, -0.2) is 30.4 Å². The van der Waals surface area contributed by atoms with E-state index in [9.17, 15) is 0 Å². The third kappa shape index (κ3) is 3.33. The van der Waals surface area contributed by atoms with Gasteiger partial charge in [-0.1, -0.05) is 13.8 Å². The average Bonchev–Trinajstić information content (AvgIpc) is 2.60. The summed E-state index contributed by atoms with van der Waals surface area (Å²) >= 11 is 0. The molecule has 0 bridgehead atoms. The number of rotatable bonds is 2. The van der Waals surface area contributed by atoms with E-state index in [0.717, 1.165) is 11.2 Å². The molecule has 112 valence electrons. The second kappa shape index (κ2) is 6.14. The molecule has 1 aliphatic rings. The molecule has 5 heteroatoms. The van der Waals surface area contributed by atoms with Gasteiger partial charge in [0, 0.05) is 11.8 Å². The number of aryl methyl sites for hydroxylation is 1.